The summed E-state index contributed by atoms with van der Waals surface area (Å²) in [5.41, 5.74) is 1.08. The fourth-order valence-electron chi connectivity index (χ4n) is 1.62. The van der Waals surface area contributed by atoms with Crippen LogP contribution in [0.1, 0.15) is 5.56 Å². The first-order valence-corrected chi connectivity index (χ1v) is 5.24. The second kappa shape index (κ2) is 3.97. The maximum absolute atomic E-state index is 6.01. The van der Waals surface area contributed by atoms with Gasteiger partial charge in [0.25, 0.3) is 0 Å². The van der Waals surface area contributed by atoms with E-state index in [1.807, 2.05) is 13.1 Å². The van der Waals surface area contributed by atoms with Crippen molar-refractivity contribution in [1.82, 2.24) is 5.32 Å². The van der Waals surface area contributed by atoms with E-state index in [0.29, 0.717) is 22.7 Å². The van der Waals surface area contributed by atoms with Crippen LogP contribution in [0.5, 0.6) is 5.75 Å². The van der Waals surface area contributed by atoms with Gasteiger partial charge in [0.1, 0.15) is 12.4 Å². The summed E-state index contributed by atoms with van der Waals surface area (Å²) in [7, 11) is 1.92. The Morgan fingerprint density at radius 1 is 1.43 bits per heavy atom. The van der Waals surface area contributed by atoms with Crippen LogP contribution in [0, 0.1) is 0 Å². The molecule has 1 aromatic carbocycles. The minimum atomic E-state index is 0.344. The summed E-state index contributed by atoms with van der Waals surface area (Å²) in [4.78, 5) is 0. The second-order valence-electron chi connectivity index (χ2n) is 3.38. The highest BCUT2D eigenvalue weighted by atomic mass is 35.5. The lowest BCUT2D eigenvalue weighted by Crippen LogP contribution is -2.36. The number of likely N-dealkylation sites (N-methyl/N-ethyl adjacent to an activating group) is 1. The highest BCUT2D eigenvalue weighted by molar-refractivity contribution is 6.35. The highest BCUT2D eigenvalue weighted by Crippen LogP contribution is 2.35. The third-order valence-electron chi connectivity index (χ3n) is 2.39. The molecular formula is C10H11Cl2NO. The monoisotopic (exact) mass is 231 g/mol. The molecule has 4 heteroatoms. The van der Waals surface area contributed by atoms with Crippen LogP contribution in [0.2, 0.25) is 10.0 Å². The van der Waals surface area contributed by atoms with Gasteiger partial charge in [-0.25, -0.2) is 0 Å². The van der Waals surface area contributed by atoms with Crippen molar-refractivity contribution in [2.75, 3.05) is 13.7 Å². The van der Waals surface area contributed by atoms with E-state index in [-0.39, 0.29) is 0 Å². The van der Waals surface area contributed by atoms with Gasteiger partial charge in [-0.2, -0.15) is 0 Å². The van der Waals surface area contributed by atoms with Gasteiger partial charge in [0.15, 0.2) is 0 Å². The van der Waals surface area contributed by atoms with Crippen molar-refractivity contribution < 1.29 is 4.74 Å². The van der Waals surface area contributed by atoms with E-state index in [1.165, 1.54) is 0 Å². The zero-order chi connectivity index (χ0) is 10.1. The molecule has 1 atom stereocenters. The summed E-state index contributed by atoms with van der Waals surface area (Å²) < 4.78 is 5.56. The van der Waals surface area contributed by atoms with Crippen molar-refractivity contribution in [1.29, 1.82) is 0 Å². The Morgan fingerprint density at radius 3 is 2.93 bits per heavy atom. The van der Waals surface area contributed by atoms with Crippen molar-refractivity contribution in [2.45, 2.75) is 12.5 Å². The maximum Gasteiger partial charge on any atom is 0.141 e. The number of rotatable bonds is 1. The molecule has 0 spiro atoms. The molecule has 76 valence electrons. The standard InChI is InChI=1S/C10H11Cl2NO/c1-13-8-3-6-2-7(11)4-9(12)10(6)14-5-8/h2,4,8,13H,3,5H2,1H3/t8-/m1/s1. The molecule has 0 bridgehead atoms. The van der Waals surface area contributed by atoms with Crippen molar-refractivity contribution in [3.8, 4) is 5.75 Å². The van der Waals surface area contributed by atoms with Crippen molar-refractivity contribution >= 4 is 23.2 Å². The predicted octanol–water partition coefficient (Wildman–Crippen LogP) is 2.52. The number of ether oxygens (including phenoxy) is 1. The number of benzene rings is 1. The summed E-state index contributed by atoms with van der Waals surface area (Å²) in [6.45, 7) is 0.658. The zero-order valence-electron chi connectivity index (χ0n) is 7.81. The highest BCUT2D eigenvalue weighted by Gasteiger charge is 2.21. The van der Waals surface area contributed by atoms with Crippen LogP contribution in [0.25, 0.3) is 0 Å². The Balaban J connectivity index is 2.37. The van der Waals surface area contributed by atoms with E-state index in [4.69, 9.17) is 27.9 Å². The van der Waals surface area contributed by atoms with E-state index in [1.54, 1.807) is 6.07 Å². The third kappa shape index (κ3) is 1.83. The van der Waals surface area contributed by atoms with Crippen LogP contribution in [0.15, 0.2) is 12.1 Å². The SMILES string of the molecule is CN[C@H]1COc2c(Cl)cc(Cl)cc2C1. The molecule has 0 fully saturated rings. The molecule has 1 heterocycles. The molecule has 0 saturated heterocycles. The first kappa shape index (κ1) is 10.1. The van der Waals surface area contributed by atoms with Crippen LogP contribution < -0.4 is 10.1 Å². The van der Waals surface area contributed by atoms with Gasteiger partial charge in [0.05, 0.1) is 5.02 Å². The molecule has 14 heavy (non-hydrogen) atoms. The van der Waals surface area contributed by atoms with Crippen LogP contribution >= 0.6 is 23.2 Å². The Kier molecular flexibility index (Phi) is 2.86. The Labute approximate surface area is 93.2 Å². The number of fused-ring (bicyclic) bond motifs is 1. The minimum absolute atomic E-state index is 0.344. The van der Waals surface area contributed by atoms with Gasteiger partial charge in [0.2, 0.25) is 0 Å². The Bertz CT molecular complexity index is 354. The first-order valence-electron chi connectivity index (χ1n) is 4.48. The molecule has 2 nitrogen and oxygen atoms in total. The smallest absolute Gasteiger partial charge is 0.141 e. The molecule has 1 aromatic rings. The van der Waals surface area contributed by atoms with Gasteiger partial charge in [-0.1, -0.05) is 23.2 Å². The molecule has 0 aromatic heterocycles. The summed E-state index contributed by atoms with van der Waals surface area (Å²) in [5.74, 6) is 0.780. The fourth-order valence-corrected chi connectivity index (χ4v) is 2.21. The van der Waals surface area contributed by atoms with E-state index in [0.717, 1.165) is 17.7 Å². The molecule has 1 aliphatic rings. The summed E-state index contributed by atoms with van der Waals surface area (Å²) in [6.07, 6.45) is 0.909. The number of nitrogens with one attached hydrogen (secondary N) is 1. The molecule has 1 aliphatic heterocycles. The lowest BCUT2D eigenvalue weighted by molar-refractivity contribution is 0.246. The van der Waals surface area contributed by atoms with Gasteiger partial charge in [0, 0.05) is 11.1 Å². The maximum atomic E-state index is 6.01. The Hall–Kier alpha value is -0.440. The van der Waals surface area contributed by atoms with E-state index in [2.05, 4.69) is 5.32 Å². The average Bonchev–Trinajstić information content (AvgIpc) is 2.16. The molecular weight excluding hydrogens is 221 g/mol. The average molecular weight is 232 g/mol. The zero-order valence-corrected chi connectivity index (χ0v) is 9.32. The van der Waals surface area contributed by atoms with Gasteiger partial charge in [-0.05, 0) is 31.2 Å². The quantitative estimate of drug-likeness (QED) is 0.803. The predicted molar refractivity (Wildman–Crippen MR) is 58.5 cm³/mol. The molecule has 0 amide bonds. The molecule has 0 saturated carbocycles. The molecule has 2 rings (SSSR count). The summed E-state index contributed by atoms with van der Waals surface area (Å²) in [6, 6.07) is 3.96. The van der Waals surface area contributed by atoms with Gasteiger partial charge in [-0.15, -0.1) is 0 Å². The first-order chi connectivity index (χ1) is 6.70. The molecule has 1 N–H and O–H groups in total. The molecule has 0 unspecified atom stereocenters. The fraction of sp³-hybridized carbons (Fsp3) is 0.400. The summed E-state index contributed by atoms with van der Waals surface area (Å²) in [5, 5.41) is 4.43. The van der Waals surface area contributed by atoms with Crippen LogP contribution in [0.4, 0.5) is 0 Å². The van der Waals surface area contributed by atoms with Crippen LogP contribution in [0.3, 0.4) is 0 Å². The topological polar surface area (TPSA) is 21.3 Å². The van der Waals surface area contributed by atoms with Gasteiger partial charge < -0.3 is 10.1 Å². The van der Waals surface area contributed by atoms with Crippen LogP contribution in [-0.4, -0.2) is 19.7 Å². The van der Waals surface area contributed by atoms with Gasteiger partial charge in [-0.3, -0.25) is 0 Å². The molecule has 0 aliphatic carbocycles. The minimum Gasteiger partial charge on any atom is -0.490 e. The summed E-state index contributed by atoms with van der Waals surface area (Å²) >= 11 is 11.9. The van der Waals surface area contributed by atoms with E-state index >= 15 is 0 Å². The van der Waals surface area contributed by atoms with E-state index < -0.39 is 0 Å². The largest absolute Gasteiger partial charge is 0.490 e. The van der Waals surface area contributed by atoms with Crippen LogP contribution in [-0.2, 0) is 6.42 Å². The molecule has 0 radical (unpaired) electrons. The second-order valence-corrected chi connectivity index (χ2v) is 4.22. The number of halogens is 2. The van der Waals surface area contributed by atoms with Crippen molar-refractivity contribution in [3.05, 3.63) is 27.7 Å². The lowest BCUT2D eigenvalue weighted by Gasteiger charge is -2.25. The Morgan fingerprint density at radius 2 is 2.21 bits per heavy atom. The van der Waals surface area contributed by atoms with Gasteiger partial charge >= 0.3 is 0 Å². The lowest BCUT2D eigenvalue weighted by atomic mass is 10.0. The normalized spacial score (nSPS) is 20.1. The van der Waals surface area contributed by atoms with E-state index in [9.17, 15) is 0 Å². The van der Waals surface area contributed by atoms with Crippen molar-refractivity contribution in [3.63, 3.8) is 0 Å². The number of hydrogen-bond donors (Lipinski definition) is 1. The van der Waals surface area contributed by atoms with Crippen molar-refractivity contribution in [2.24, 2.45) is 0 Å². The third-order valence-corrected chi connectivity index (χ3v) is 2.89. The number of hydrogen-bond acceptors (Lipinski definition) is 2.